The predicted octanol–water partition coefficient (Wildman–Crippen LogP) is 3.29. The second-order valence-corrected chi connectivity index (χ2v) is 5.18. The molecule has 0 amide bonds. The normalized spacial score (nSPS) is 11.5. The van der Waals surface area contributed by atoms with E-state index in [-0.39, 0.29) is 5.84 Å². The van der Waals surface area contributed by atoms with Crippen molar-refractivity contribution in [1.82, 2.24) is 0 Å². The van der Waals surface area contributed by atoms with E-state index in [2.05, 4.69) is 37.2 Å². The minimum atomic E-state index is 0.0755. The summed E-state index contributed by atoms with van der Waals surface area (Å²) in [4.78, 5) is 0. The summed E-state index contributed by atoms with van der Waals surface area (Å²) in [6.07, 6.45) is 0. The molecule has 2 aromatic rings. The molecule has 3 N–H and O–H groups in total. The van der Waals surface area contributed by atoms with Crippen LogP contribution in [0.3, 0.4) is 0 Å². The van der Waals surface area contributed by atoms with Crippen molar-refractivity contribution in [1.29, 1.82) is 0 Å². The Balaban J connectivity index is 2.21. The zero-order valence-electron chi connectivity index (χ0n) is 12.6. The highest BCUT2D eigenvalue weighted by molar-refractivity contribution is 5.97. The molecule has 0 radical (unpaired) electrons. The van der Waals surface area contributed by atoms with Crippen LogP contribution in [0.4, 0.5) is 0 Å². The number of nitrogens with two attached hydrogens (primary N) is 1. The van der Waals surface area contributed by atoms with Gasteiger partial charge in [-0.15, -0.1) is 0 Å². The number of aryl methyl sites for hydroxylation is 3. The summed E-state index contributed by atoms with van der Waals surface area (Å²) >= 11 is 0. The molecular weight excluding hydrogens is 264 g/mol. The molecule has 0 aliphatic rings. The predicted molar refractivity (Wildman–Crippen MR) is 83.9 cm³/mol. The summed E-state index contributed by atoms with van der Waals surface area (Å²) in [5.74, 6) is 0.812. The highest BCUT2D eigenvalue weighted by atomic mass is 16.5. The maximum atomic E-state index is 8.75. The maximum Gasteiger partial charge on any atom is 0.170 e. The average Bonchev–Trinajstić information content (AvgIpc) is 2.48. The van der Waals surface area contributed by atoms with E-state index in [9.17, 15) is 0 Å². The number of hydrogen-bond donors (Lipinski definition) is 2. The topological polar surface area (TPSA) is 67.8 Å². The van der Waals surface area contributed by atoms with Crippen molar-refractivity contribution in [3.63, 3.8) is 0 Å². The molecule has 0 saturated heterocycles. The molecule has 0 saturated carbocycles. The molecule has 0 spiro atoms. The first kappa shape index (κ1) is 14.9. The summed E-state index contributed by atoms with van der Waals surface area (Å²) < 4.78 is 5.90. The Morgan fingerprint density at radius 1 is 1.10 bits per heavy atom. The van der Waals surface area contributed by atoms with E-state index in [1.54, 1.807) is 12.1 Å². The molecule has 0 aliphatic heterocycles. The van der Waals surface area contributed by atoms with Gasteiger partial charge in [-0.1, -0.05) is 41.1 Å². The van der Waals surface area contributed by atoms with Crippen LogP contribution in [0, 0.1) is 20.8 Å². The van der Waals surface area contributed by atoms with E-state index >= 15 is 0 Å². The Labute approximate surface area is 124 Å². The van der Waals surface area contributed by atoms with Crippen LogP contribution in [0.5, 0.6) is 5.75 Å². The Kier molecular flexibility index (Phi) is 4.48. The molecule has 0 fully saturated rings. The Bertz CT molecular complexity index is 678. The number of oxime groups is 1. The third-order valence-electron chi connectivity index (χ3n) is 3.48. The third kappa shape index (κ3) is 3.54. The fourth-order valence-corrected chi connectivity index (χ4v) is 2.08. The molecule has 4 heteroatoms. The van der Waals surface area contributed by atoms with Crippen LogP contribution in [-0.4, -0.2) is 11.0 Å². The smallest absolute Gasteiger partial charge is 0.170 e. The van der Waals surface area contributed by atoms with Crippen LogP contribution >= 0.6 is 0 Å². The first-order valence-electron chi connectivity index (χ1n) is 6.78. The molecule has 21 heavy (non-hydrogen) atoms. The molecule has 0 aliphatic carbocycles. The van der Waals surface area contributed by atoms with Gasteiger partial charge in [-0.2, -0.15) is 0 Å². The van der Waals surface area contributed by atoms with Gasteiger partial charge in [0.1, 0.15) is 12.4 Å². The second-order valence-electron chi connectivity index (χ2n) is 5.18. The summed E-state index contributed by atoms with van der Waals surface area (Å²) in [7, 11) is 0. The lowest BCUT2D eigenvalue weighted by molar-refractivity contribution is 0.303. The van der Waals surface area contributed by atoms with Gasteiger partial charge in [-0.05, 0) is 43.5 Å². The zero-order valence-corrected chi connectivity index (χ0v) is 12.6. The zero-order chi connectivity index (χ0) is 15.4. The van der Waals surface area contributed by atoms with E-state index in [1.807, 2.05) is 13.0 Å². The van der Waals surface area contributed by atoms with Crippen molar-refractivity contribution >= 4 is 5.84 Å². The van der Waals surface area contributed by atoms with Gasteiger partial charge in [0.2, 0.25) is 0 Å². The fraction of sp³-hybridized carbons (Fsp3) is 0.235. The van der Waals surface area contributed by atoms with E-state index < -0.39 is 0 Å². The third-order valence-corrected chi connectivity index (χ3v) is 3.48. The standard InChI is InChI=1S/C17H20N2O2/c1-11-4-5-12(2)15(8-11)10-21-16-9-14(17(18)19-20)7-6-13(16)3/h4-9,20H,10H2,1-3H3,(H2,18,19). The minimum absolute atomic E-state index is 0.0755. The molecule has 0 bridgehead atoms. The fourth-order valence-electron chi connectivity index (χ4n) is 2.08. The van der Waals surface area contributed by atoms with Gasteiger partial charge in [0.05, 0.1) is 0 Å². The van der Waals surface area contributed by atoms with Crippen LogP contribution in [0.2, 0.25) is 0 Å². The summed E-state index contributed by atoms with van der Waals surface area (Å²) in [6, 6.07) is 11.8. The van der Waals surface area contributed by atoms with E-state index in [4.69, 9.17) is 15.7 Å². The van der Waals surface area contributed by atoms with Crippen LogP contribution in [0.25, 0.3) is 0 Å². The number of hydrogen-bond acceptors (Lipinski definition) is 3. The van der Waals surface area contributed by atoms with E-state index in [0.717, 1.165) is 16.9 Å². The molecule has 0 atom stereocenters. The summed E-state index contributed by atoms with van der Waals surface area (Å²) in [5, 5.41) is 11.8. The van der Waals surface area contributed by atoms with Crippen LogP contribution in [0.1, 0.15) is 27.8 Å². The van der Waals surface area contributed by atoms with Gasteiger partial charge in [0.15, 0.2) is 5.84 Å². The molecule has 0 heterocycles. The molecule has 0 unspecified atom stereocenters. The van der Waals surface area contributed by atoms with Gasteiger partial charge in [-0.25, -0.2) is 0 Å². The summed E-state index contributed by atoms with van der Waals surface area (Å²) in [6.45, 7) is 6.59. The van der Waals surface area contributed by atoms with Crippen LogP contribution in [0.15, 0.2) is 41.6 Å². The number of amidine groups is 1. The molecule has 0 aromatic heterocycles. The van der Waals surface area contributed by atoms with E-state index in [0.29, 0.717) is 12.2 Å². The second kappa shape index (κ2) is 6.31. The number of ether oxygens (including phenoxy) is 1. The number of rotatable bonds is 4. The summed E-state index contributed by atoms with van der Waals surface area (Å²) in [5.41, 5.74) is 10.8. The minimum Gasteiger partial charge on any atom is -0.489 e. The first-order valence-corrected chi connectivity index (χ1v) is 6.78. The van der Waals surface area contributed by atoms with E-state index in [1.165, 1.54) is 11.1 Å². The first-order chi connectivity index (χ1) is 10.0. The largest absolute Gasteiger partial charge is 0.489 e. The van der Waals surface area contributed by atoms with Gasteiger partial charge in [0.25, 0.3) is 0 Å². The van der Waals surface area contributed by atoms with Crippen LogP contribution < -0.4 is 10.5 Å². The van der Waals surface area contributed by atoms with Crippen molar-refractivity contribution in [2.45, 2.75) is 27.4 Å². The van der Waals surface area contributed by atoms with Gasteiger partial charge < -0.3 is 15.7 Å². The van der Waals surface area contributed by atoms with Crippen molar-refractivity contribution in [3.05, 3.63) is 64.2 Å². The molecule has 2 aromatic carbocycles. The van der Waals surface area contributed by atoms with Gasteiger partial charge in [0, 0.05) is 5.56 Å². The van der Waals surface area contributed by atoms with Crippen molar-refractivity contribution in [3.8, 4) is 5.75 Å². The molecule has 2 rings (SSSR count). The highest BCUT2D eigenvalue weighted by Gasteiger charge is 2.06. The molecule has 4 nitrogen and oxygen atoms in total. The Hall–Kier alpha value is -2.49. The Morgan fingerprint density at radius 3 is 2.52 bits per heavy atom. The maximum absolute atomic E-state index is 8.75. The number of nitrogens with zero attached hydrogens (tertiary/aromatic N) is 1. The lowest BCUT2D eigenvalue weighted by Crippen LogP contribution is -2.13. The lowest BCUT2D eigenvalue weighted by atomic mass is 10.1. The number of benzene rings is 2. The van der Waals surface area contributed by atoms with Gasteiger partial charge in [-0.3, -0.25) is 0 Å². The SMILES string of the molecule is Cc1ccc(C)c(COc2cc(/C(N)=N/O)ccc2C)c1. The monoisotopic (exact) mass is 284 g/mol. The molecule has 110 valence electrons. The quantitative estimate of drug-likeness (QED) is 0.392. The molecular formula is C17H20N2O2. The highest BCUT2D eigenvalue weighted by Crippen LogP contribution is 2.22. The lowest BCUT2D eigenvalue weighted by Gasteiger charge is -2.12. The Morgan fingerprint density at radius 2 is 1.81 bits per heavy atom. The van der Waals surface area contributed by atoms with Crippen molar-refractivity contribution in [2.75, 3.05) is 0 Å². The average molecular weight is 284 g/mol. The van der Waals surface area contributed by atoms with Crippen molar-refractivity contribution in [2.24, 2.45) is 10.9 Å². The van der Waals surface area contributed by atoms with Crippen LogP contribution in [-0.2, 0) is 6.61 Å². The van der Waals surface area contributed by atoms with Gasteiger partial charge >= 0.3 is 0 Å². The van der Waals surface area contributed by atoms with Crippen molar-refractivity contribution < 1.29 is 9.94 Å².